The topological polar surface area (TPSA) is 59.3 Å². The molecule has 0 bridgehead atoms. The summed E-state index contributed by atoms with van der Waals surface area (Å²) >= 11 is 0. The van der Waals surface area contributed by atoms with Crippen molar-refractivity contribution in [2.75, 3.05) is 5.32 Å². The van der Waals surface area contributed by atoms with Gasteiger partial charge in [-0.15, -0.1) is 0 Å². The van der Waals surface area contributed by atoms with Crippen molar-refractivity contribution in [3.05, 3.63) is 59.6 Å². The van der Waals surface area contributed by atoms with Gasteiger partial charge in [0, 0.05) is 23.2 Å². The van der Waals surface area contributed by atoms with E-state index in [4.69, 9.17) is 4.42 Å². The first-order valence-electron chi connectivity index (χ1n) is 7.73. The summed E-state index contributed by atoms with van der Waals surface area (Å²) in [6, 6.07) is 10.7. The minimum Gasteiger partial charge on any atom is -0.461 e. The van der Waals surface area contributed by atoms with Crippen LogP contribution < -0.4 is 5.32 Å². The van der Waals surface area contributed by atoms with Crippen LogP contribution in [0.4, 0.5) is 5.69 Å². The number of hydrogen-bond donors (Lipinski definition) is 1. The third-order valence-electron chi connectivity index (χ3n) is 4.06. The SMILES string of the molecule is CC(=O)c1cccc(NC(=O)/C=C/c2ccc([C@@H]3C[C@H]3C)o2)c1. The summed E-state index contributed by atoms with van der Waals surface area (Å²) in [5.74, 6) is 2.59. The molecule has 1 aliphatic rings. The number of Topliss-reactive ketones (excluding diaryl/α,β-unsaturated/α-hetero) is 1. The molecule has 1 aliphatic carbocycles. The van der Waals surface area contributed by atoms with Crippen molar-refractivity contribution < 1.29 is 14.0 Å². The zero-order valence-corrected chi connectivity index (χ0v) is 13.2. The Kier molecular flexibility index (Phi) is 4.15. The summed E-state index contributed by atoms with van der Waals surface area (Å²) in [7, 11) is 0. The van der Waals surface area contributed by atoms with E-state index >= 15 is 0 Å². The molecule has 1 heterocycles. The van der Waals surface area contributed by atoms with Gasteiger partial charge in [-0.1, -0.05) is 19.1 Å². The van der Waals surface area contributed by atoms with E-state index in [-0.39, 0.29) is 11.7 Å². The molecule has 0 aliphatic heterocycles. The highest BCUT2D eigenvalue weighted by molar-refractivity contribution is 6.03. The highest BCUT2D eigenvalue weighted by Gasteiger charge is 2.36. The van der Waals surface area contributed by atoms with Crippen molar-refractivity contribution >= 4 is 23.5 Å². The van der Waals surface area contributed by atoms with Crippen molar-refractivity contribution in [2.24, 2.45) is 5.92 Å². The van der Waals surface area contributed by atoms with E-state index in [1.807, 2.05) is 12.1 Å². The standard InChI is InChI=1S/C19H19NO3/c1-12-10-17(12)18-8-6-16(23-18)7-9-19(22)20-15-5-3-4-14(11-15)13(2)21/h3-9,11-12,17H,10H2,1-2H3,(H,20,22)/b9-7+/t12-,17-/m1/s1. The van der Waals surface area contributed by atoms with Crippen LogP contribution in [0.3, 0.4) is 0 Å². The first-order chi connectivity index (χ1) is 11.0. The van der Waals surface area contributed by atoms with Crippen LogP contribution in [0.15, 0.2) is 46.9 Å². The summed E-state index contributed by atoms with van der Waals surface area (Å²) in [5.41, 5.74) is 1.17. The van der Waals surface area contributed by atoms with Crippen molar-refractivity contribution in [1.82, 2.24) is 0 Å². The minimum absolute atomic E-state index is 0.0333. The van der Waals surface area contributed by atoms with Crippen LogP contribution in [0.25, 0.3) is 6.08 Å². The van der Waals surface area contributed by atoms with E-state index in [1.54, 1.807) is 30.3 Å². The van der Waals surface area contributed by atoms with Gasteiger partial charge in [0.1, 0.15) is 11.5 Å². The largest absolute Gasteiger partial charge is 0.461 e. The Morgan fingerprint density at radius 3 is 2.74 bits per heavy atom. The number of rotatable bonds is 5. The van der Waals surface area contributed by atoms with Crippen molar-refractivity contribution in [2.45, 2.75) is 26.2 Å². The molecule has 2 atom stereocenters. The lowest BCUT2D eigenvalue weighted by Crippen LogP contribution is -2.08. The molecule has 1 amide bonds. The molecule has 3 rings (SSSR count). The van der Waals surface area contributed by atoms with Gasteiger partial charge in [-0.2, -0.15) is 0 Å². The first kappa shape index (κ1) is 15.3. The third kappa shape index (κ3) is 3.77. The molecule has 23 heavy (non-hydrogen) atoms. The minimum atomic E-state index is -0.261. The molecule has 0 saturated heterocycles. The summed E-state index contributed by atoms with van der Waals surface area (Å²) < 4.78 is 5.72. The number of amides is 1. The van der Waals surface area contributed by atoms with Crippen LogP contribution in [0.5, 0.6) is 0 Å². The number of carbonyl (C=O) groups is 2. The van der Waals surface area contributed by atoms with Crippen LogP contribution in [-0.4, -0.2) is 11.7 Å². The Morgan fingerprint density at radius 2 is 2.04 bits per heavy atom. The molecule has 1 aromatic heterocycles. The normalized spacial score (nSPS) is 19.7. The van der Waals surface area contributed by atoms with Gasteiger partial charge < -0.3 is 9.73 Å². The lowest BCUT2D eigenvalue weighted by atomic mass is 10.1. The van der Waals surface area contributed by atoms with Gasteiger partial charge in [0.25, 0.3) is 0 Å². The third-order valence-corrected chi connectivity index (χ3v) is 4.06. The van der Waals surface area contributed by atoms with Crippen LogP contribution >= 0.6 is 0 Å². The number of ketones is 1. The molecule has 0 unspecified atom stereocenters. The van der Waals surface area contributed by atoms with E-state index in [0.29, 0.717) is 28.8 Å². The predicted octanol–water partition coefficient (Wildman–Crippen LogP) is 4.26. The number of anilines is 1. The van der Waals surface area contributed by atoms with E-state index in [1.165, 1.54) is 19.4 Å². The van der Waals surface area contributed by atoms with E-state index < -0.39 is 0 Å². The fourth-order valence-electron chi connectivity index (χ4n) is 2.53. The molecule has 4 nitrogen and oxygen atoms in total. The Labute approximate surface area is 135 Å². The van der Waals surface area contributed by atoms with Gasteiger partial charge in [-0.05, 0) is 49.6 Å². The van der Waals surface area contributed by atoms with Gasteiger partial charge in [0.05, 0.1) is 0 Å². The smallest absolute Gasteiger partial charge is 0.248 e. The lowest BCUT2D eigenvalue weighted by Gasteiger charge is -2.03. The Hall–Kier alpha value is -2.62. The first-order valence-corrected chi connectivity index (χ1v) is 7.73. The molecule has 4 heteroatoms. The molecule has 0 radical (unpaired) electrons. The average Bonchev–Trinajstić information content (AvgIpc) is 3.07. The zero-order valence-electron chi connectivity index (χ0n) is 13.2. The predicted molar refractivity (Wildman–Crippen MR) is 89.3 cm³/mol. The molecule has 1 saturated carbocycles. The van der Waals surface area contributed by atoms with Crippen molar-refractivity contribution in [3.63, 3.8) is 0 Å². The average molecular weight is 309 g/mol. The molecule has 1 aromatic carbocycles. The summed E-state index contributed by atoms with van der Waals surface area (Å²) in [6.07, 6.45) is 4.25. The van der Waals surface area contributed by atoms with Gasteiger partial charge in [-0.3, -0.25) is 9.59 Å². The van der Waals surface area contributed by atoms with Gasteiger partial charge in [0.15, 0.2) is 5.78 Å². The molecule has 0 spiro atoms. The highest BCUT2D eigenvalue weighted by atomic mass is 16.3. The Balaban J connectivity index is 1.61. The van der Waals surface area contributed by atoms with E-state index in [2.05, 4.69) is 12.2 Å². The second kappa shape index (κ2) is 6.24. The van der Waals surface area contributed by atoms with Crippen LogP contribution in [-0.2, 0) is 4.79 Å². The summed E-state index contributed by atoms with van der Waals surface area (Å²) in [5, 5.41) is 2.74. The lowest BCUT2D eigenvalue weighted by molar-refractivity contribution is -0.111. The van der Waals surface area contributed by atoms with Gasteiger partial charge in [0.2, 0.25) is 5.91 Å². The van der Waals surface area contributed by atoms with Crippen LogP contribution in [0.1, 0.15) is 48.1 Å². The number of furan rings is 1. The highest BCUT2D eigenvalue weighted by Crippen LogP contribution is 2.47. The van der Waals surface area contributed by atoms with Gasteiger partial charge >= 0.3 is 0 Å². The second-order valence-electron chi connectivity index (χ2n) is 6.02. The maximum absolute atomic E-state index is 11.9. The van der Waals surface area contributed by atoms with Gasteiger partial charge in [-0.25, -0.2) is 0 Å². The second-order valence-corrected chi connectivity index (χ2v) is 6.02. The molecule has 118 valence electrons. The Bertz CT molecular complexity index is 772. The van der Waals surface area contributed by atoms with E-state index in [9.17, 15) is 9.59 Å². The Morgan fingerprint density at radius 1 is 1.26 bits per heavy atom. The molecule has 1 fully saturated rings. The zero-order chi connectivity index (χ0) is 16.4. The fourth-order valence-corrected chi connectivity index (χ4v) is 2.53. The van der Waals surface area contributed by atoms with Crippen LogP contribution in [0, 0.1) is 5.92 Å². The number of hydrogen-bond acceptors (Lipinski definition) is 3. The maximum Gasteiger partial charge on any atom is 0.248 e. The number of carbonyl (C=O) groups excluding carboxylic acids is 2. The van der Waals surface area contributed by atoms with Crippen LogP contribution in [0.2, 0.25) is 0 Å². The number of benzene rings is 1. The van der Waals surface area contributed by atoms with Crippen molar-refractivity contribution in [3.8, 4) is 0 Å². The summed E-state index contributed by atoms with van der Waals surface area (Å²) in [6.45, 7) is 3.70. The van der Waals surface area contributed by atoms with E-state index in [0.717, 1.165) is 5.76 Å². The maximum atomic E-state index is 11.9. The van der Waals surface area contributed by atoms with Crippen molar-refractivity contribution in [1.29, 1.82) is 0 Å². The molecular formula is C19H19NO3. The fraction of sp³-hybridized carbons (Fsp3) is 0.263. The number of nitrogens with one attached hydrogen (secondary N) is 1. The monoisotopic (exact) mass is 309 g/mol. The molecule has 2 aromatic rings. The quantitative estimate of drug-likeness (QED) is 0.663. The molecular weight excluding hydrogens is 290 g/mol. The molecule has 1 N–H and O–H groups in total. The summed E-state index contributed by atoms with van der Waals surface area (Å²) in [4.78, 5) is 23.3.